The molecule has 1 aromatic carbocycles. The van der Waals surface area contributed by atoms with Crippen LogP contribution in [0.15, 0.2) is 22.7 Å². The first-order chi connectivity index (χ1) is 12.6. The first-order valence-corrected chi connectivity index (χ1v) is 8.86. The molecule has 1 aliphatic rings. The van der Waals surface area contributed by atoms with Crippen LogP contribution in [0.1, 0.15) is 23.4 Å². The van der Waals surface area contributed by atoms with E-state index in [1.807, 2.05) is 13.0 Å². The van der Waals surface area contributed by atoms with Gasteiger partial charge in [0.25, 0.3) is 0 Å². The van der Waals surface area contributed by atoms with Gasteiger partial charge in [-0.25, -0.2) is 4.39 Å². The molecular formula is C19H26FN3O3. The second kappa shape index (κ2) is 8.51. The van der Waals surface area contributed by atoms with Crippen molar-refractivity contribution in [2.24, 2.45) is 0 Å². The molecule has 1 aromatic heterocycles. The van der Waals surface area contributed by atoms with Gasteiger partial charge >= 0.3 is 0 Å². The number of methoxy groups -OCH3 is 2. The summed E-state index contributed by atoms with van der Waals surface area (Å²) in [6.07, 6.45) is 1.03. The van der Waals surface area contributed by atoms with Crippen LogP contribution in [0.2, 0.25) is 0 Å². The summed E-state index contributed by atoms with van der Waals surface area (Å²) in [5, 5.41) is 4.07. The fourth-order valence-electron chi connectivity index (χ4n) is 3.32. The van der Waals surface area contributed by atoms with Crippen LogP contribution in [0.4, 0.5) is 4.39 Å². The van der Waals surface area contributed by atoms with Crippen LogP contribution in [0.25, 0.3) is 0 Å². The van der Waals surface area contributed by atoms with Gasteiger partial charge in [0.2, 0.25) is 0 Å². The number of aryl methyl sites for hydroxylation is 1. The first kappa shape index (κ1) is 18.7. The summed E-state index contributed by atoms with van der Waals surface area (Å²) in [5.41, 5.74) is 1.59. The lowest BCUT2D eigenvalue weighted by molar-refractivity contribution is 0.240. The number of ether oxygens (including phenoxy) is 2. The maximum Gasteiger partial charge on any atom is 0.163 e. The average Bonchev–Trinajstić information content (AvgIpc) is 2.91. The van der Waals surface area contributed by atoms with Gasteiger partial charge in [0.1, 0.15) is 11.6 Å². The maximum atomic E-state index is 14.4. The Kier molecular flexibility index (Phi) is 6.11. The largest absolute Gasteiger partial charge is 0.493 e. The van der Waals surface area contributed by atoms with E-state index >= 15 is 0 Å². The first-order valence-electron chi connectivity index (χ1n) is 8.86. The molecule has 2 heterocycles. The lowest BCUT2D eigenvalue weighted by Crippen LogP contribution is -2.30. The molecule has 0 N–H and O–H groups in total. The maximum absolute atomic E-state index is 14.4. The van der Waals surface area contributed by atoms with E-state index in [4.69, 9.17) is 14.0 Å². The Hall–Kier alpha value is -2.12. The van der Waals surface area contributed by atoms with Crippen molar-refractivity contribution in [2.75, 3.05) is 40.4 Å². The molecule has 26 heavy (non-hydrogen) atoms. The third kappa shape index (κ3) is 4.53. The smallest absolute Gasteiger partial charge is 0.163 e. The summed E-state index contributed by atoms with van der Waals surface area (Å²) in [6, 6.07) is 5.10. The highest BCUT2D eigenvalue weighted by atomic mass is 19.1. The van der Waals surface area contributed by atoms with Crippen LogP contribution in [0.3, 0.4) is 0 Å². The zero-order chi connectivity index (χ0) is 18.5. The molecule has 0 atom stereocenters. The van der Waals surface area contributed by atoms with E-state index in [0.717, 1.165) is 50.6 Å². The fourth-order valence-corrected chi connectivity index (χ4v) is 3.32. The van der Waals surface area contributed by atoms with Crippen LogP contribution in [0.5, 0.6) is 11.5 Å². The molecule has 1 saturated heterocycles. The number of nitrogens with zero attached hydrogens (tertiary/aromatic N) is 3. The van der Waals surface area contributed by atoms with Gasteiger partial charge in [-0.2, -0.15) is 0 Å². The molecule has 0 spiro atoms. The Morgan fingerprint density at radius 3 is 2.27 bits per heavy atom. The molecule has 0 unspecified atom stereocenters. The SMILES string of the molecule is COc1cc(F)c(CN2CCCN(Cc3cc(C)on3)CC2)cc1OC. The number of halogens is 1. The third-order valence-electron chi connectivity index (χ3n) is 4.69. The molecule has 1 fully saturated rings. The van der Waals surface area contributed by atoms with E-state index in [0.29, 0.717) is 23.6 Å². The molecule has 142 valence electrons. The number of benzene rings is 1. The van der Waals surface area contributed by atoms with Gasteiger partial charge in [0, 0.05) is 43.9 Å². The van der Waals surface area contributed by atoms with Gasteiger partial charge in [-0.05, 0) is 32.5 Å². The zero-order valence-electron chi connectivity index (χ0n) is 15.6. The summed E-state index contributed by atoms with van der Waals surface area (Å²) in [5.74, 6) is 1.54. The van der Waals surface area contributed by atoms with Crippen LogP contribution in [-0.2, 0) is 13.1 Å². The van der Waals surface area contributed by atoms with Gasteiger partial charge in [0.05, 0.1) is 19.9 Å². The minimum absolute atomic E-state index is 0.262. The lowest BCUT2D eigenvalue weighted by Gasteiger charge is -2.22. The molecule has 0 amide bonds. The van der Waals surface area contributed by atoms with Crippen LogP contribution in [-0.4, -0.2) is 55.4 Å². The molecule has 3 rings (SSSR count). The van der Waals surface area contributed by atoms with Crippen molar-refractivity contribution in [2.45, 2.75) is 26.4 Å². The second-order valence-corrected chi connectivity index (χ2v) is 6.63. The quantitative estimate of drug-likeness (QED) is 0.787. The zero-order valence-corrected chi connectivity index (χ0v) is 15.6. The molecule has 0 radical (unpaired) electrons. The molecule has 0 saturated carbocycles. The van der Waals surface area contributed by atoms with Gasteiger partial charge in [0.15, 0.2) is 11.5 Å². The Balaban J connectivity index is 1.61. The predicted octanol–water partition coefficient (Wildman–Crippen LogP) is 2.85. The van der Waals surface area contributed by atoms with Gasteiger partial charge in [-0.3, -0.25) is 9.80 Å². The van der Waals surface area contributed by atoms with Crippen LogP contribution >= 0.6 is 0 Å². The van der Waals surface area contributed by atoms with Crippen molar-refractivity contribution in [1.29, 1.82) is 0 Å². The minimum atomic E-state index is -0.262. The van der Waals surface area contributed by atoms with E-state index in [9.17, 15) is 4.39 Å². The summed E-state index contributed by atoms with van der Waals surface area (Å²) >= 11 is 0. The third-order valence-corrected chi connectivity index (χ3v) is 4.69. The van der Waals surface area contributed by atoms with Crippen molar-refractivity contribution >= 4 is 0 Å². The molecular weight excluding hydrogens is 337 g/mol. The molecule has 7 heteroatoms. The van der Waals surface area contributed by atoms with Crippen LogP contribution in [0, 0.1) is 12.7 Å². The second-order valence-electron chi connectivity index (χ2n) is 6.63. The number of hydrogen-bond acceptors (Lipinski definition) is 6. The Morgan fingerprint density at radius 1 is 1.00 bits per heavy atom. The summed E-state index contributed by atoms with van der Waals surface area (Å²) in [7, 11) is 3.08. The van der Waals surface area contributed by atoms with E-state index in [2.05, 4.69) is 15.0 Å². The summed E-state index contributed by atoms with van der Waals surface area (Å²) in [6.45, 7) is 6.97. The van der Waals surface area contributed by atoms with E-state index < -0.39 is 0 Å². The van der Waals surface area contributed by atoms with E-state index in [1.165, 1.54) is 13.2 Å². The standard InChI is InChI=1S/C19H26FN3O3/c1-14-9-16(21-26-14)13-23-6-4-5-22(7-8-23)12-15-10-18(24-2)19(25-3)11-17(15)20/h9-11H,4-8,12-13H2,1-3H3. The fraction of sp³-hybridized carbons (Fsp3) is 0.526. The number of hydrogen-bond donors (Lipinski definition) is 0. The molecule has 6 nitrogen and oxygen atoms in total. The number of aromatic nitrogens is 1. The highest BCUT2D eigenvalue weighted by Gasteiger charge is 2.19. The Morgan fingerprint density at radius 2 is 1.65 bits per heavy atom. The summed E-state index contributed by atoms with van der Waals surface area (Å²) < 4.78 is 30.0. The van der Waals surface area contributed by atoms with Gasteiger partial charge in [-0.1, -0.05) is 5.16 Å². The van der Waals surface area contributed by atoms with Crippen molar-refractivity contribution in [1.82, 2.24) is 15.0 Å². The van der Waals surface area contributed by atoms with Crippen molar-refractivity contribution < 1.29 is 18.4 Å². The summed E-state index contributed by atoms with van der Waals surface area (Å²) in [4.78, 5) is 4.64. The Labute approximate surface area is 153 Å². The lowest BCUT2D eigenvalue weighted by atomic mass is 10.1. The monoisotopic (exact) mass is 363 g/mol. The van der Waals surface area contributed by atoms with E-state index in [1.54, 1.807) is 13.2 Å². The highest BCUT2D eigenvalue weighted by Crippen LogP contribution is 2.30. The topological polar surface area (TPSA) is 51.0 Å². The van der Waals surface area contributed by atoms with Gasteiger partial charge < -0.3 is 14.0 Å². The molecule has 0 aliphatic carbocycles. The average molecular weight is 363 g/mol. The van der Waals surface area contributed by atoms with Crippen molar-refractivity contribution in [3.05, 3.63) is 41.0 Å². The molecule has 1 aliphatic heterocycles. The van der Waals surface area contributed by atoms with Crippen molar-refractivity contribution in [3.63, 3.8) is 0 Å². The molecule has 0 bridgehead atoms. The number of rotatable bonds is 6. The Bertz CT molecular complexity index is 735. The van der Waals surface area contributed by atoms with E-state index in [-0.39, 0.29) is 5.82 Å². The van der Waals surface area contributed by atoms with Gasteiger partial charge in [-0.15, -0.1) is 0 Å². The minimum Gasteiger partial charge on any atom is -0.493 e. The normalized spacial score (nSPS) is 16.5. The van der Waals surface area contributed by atoms with Crippen molar-refractivity contribution in [3.8, 4) is 11.5 Å². The van der Waals surface area contributed by atoms with Crippen LogP contribution < -0.4 is 9.47 Å². The highest BCUT2D eigenvalue weighted by molar-refractivity contribution is 5.43. The predicted molar refractivity (Wildman–Crippen MR) is 95.9 cm³/mol. The molecule has 2 aromatic rings.